The van der Waals surface area contributed by atoms with Crippen LogP contribution in [0.5, 0.6) is 5.75 Å². The molecule has 2 atom stereocenters. The molecule has 0 radical (unpaired) electrons. The Morgan fingerprint density at radius 3 is 2.85 bits per heavy atom. The van der Waals surface area contributed by atoms with Crippen LogP contribution in [0.4, 0.5) is 4.39 Å². The summed E-state index contributed by atoms with van der Waals surface area (Å²) in [4.78, 5) is 11.7. The fourth-order valence-electron chi connectivity index (χ4n) is 3.21. The van der Waals surface area contributed by atoms with E-state index < -0.39 is 11.4 Å². The van der Waals surface area contributed by atoms with Gasteiger partial charge in [-0.2, -0.15) is 0 Å². The Bertz CT molecular complexity index is 544. The van der Waals surface area contributed by atoms with Gasteiger partial charge in [-0.1, -0.05) is 0 Å². The molecule has 0 aromatic heterocycles. The van der Waals surface area contributed by atoms with Gasteiger partial charge in [-0.15, -0.1) is 0 Å². The number of carboxylic acids is 1. The minimum atomic E-state index is -0.898. The van der Waals surface area contributed by atoms with E-state index in [1.54, 1.807) is 6.07 Å². The molecule has 1 heterocycles. The molecule has 5 heteroatoms. The summed E-state index contributed by atoms with van der Waals surface area (Å²) in [5.74, 6) is -0.329. The standard InChI is InChI=1S/C15H18FNO3/c16-11-3-4-13-9(5-11)6-12(20-13)7-15(8-17,14(18)19)10-1-2-10/h3-5,10,12H,1-2,6-8,17H2,(H,18,19). The number of carboxylic acid groups (broad SMARTS) is 1. The Labute approximate surface area is 116 Å². The van der Waals surface area contributed by atoms with Crippen molar-refractivity contribution < 1.29 is 19.0 Å². The zero-order valence-electron chi connectivity index (χ0n) is 11.1. The molecule has 2 aliphatic rings. The highest BCUT2D eigenvalue weighted by molar-refractivity contribution is 5.76. The number of carbonyl (C=O) groups is 1. The number of benzene rings is 1. The van der Waals surface area contributed by atoms with Crippen LogP contribution in [0.1, 0.15) is 24.8 Å². The van der Waals surface area contributed by atoms with Gasteiger partial charge >= 0.3 is 5.97 Å². The second kappa shape index (κ2) is 4.74. The van der Waals surface area contributed by atoms with E-state index in [-0.39, 0.29) is 24.4 Å². The number of nitrogens with two attached hydrogens (primary N) is 1. The maximum atomic E-state index is 13.2. The monoisotopic (exact) mass is 279 g/mol. The van der Waals surface area contributed by atoms with Crippen molar-refractivity contribution in [2.24, 2.45) is 17.1 Å². The molecule has 20 heavy (non-hydrogen) atoms. The van der Waals surface area contributed by atoms with Crippen LogP contribution in [0, 0.1) is 17.2 Å². The summed E-state index contributed by atoms with van der Waals surface area (Å²) in [7, 11) is 0. The third-order valence-corrected chi connectivity index (χ3v) is 4.50. The summed E-state index contributed by atoms with van der Waals surface area (Å²) in [6.45, 7) is 0.123. The van der Waals surface area contributed by atoms with Crippen LogP contribution in [0.15, 0.2) is 18.2 Å². The molecule has 108 valence electrons. The van der Waals surface area contributed by atoms with E-state index in [9.17, 15) is 14.3 Å². The summed E-state index contributed by atoms with van der Waals surface area (Å²) in [5, 5.41) is 9.56. The van der Waals surface area contributed by atoms with E-state index in [0.717, 1.165) is 18.4 Å². The maximum Gasteiger partial charge on any atom is 0.311 e. The first kappa shape index (κ1) is 13.4. The average Bonchev–Trinajstić information content (AvgIpc) is 3.17. The van der Waals surface area contributed by atoms with Gasteiger partial charge in [0.05, 0.1) is 5.41 Å². The molecular formula is C15H18FNO3. The summed E-state index contributed by atoms with van der Waals surface area (Å²) < 4.78 is 19.0. The van der Waals surface area contributed by atoms with Crippen molar-refractivity contribution in [1.82, 2.24) is 0 Å². The predicted octanol–water partition coefficient (Wildman–Crippen LogP) is 1.96. The summed E-state index contributed by atoms with van der Waals surface area (Å²) in [6.07, 6.45) is 2.54. The highest BCUT2D eigenvalue weighted by atomic mass is 19.1. The number of rotatable bonds is 5. The van der Waals surface area contributed by atoms with E-state index in [0.29, 0.717) is 18.6 Å². The van der Waals surface area contributed by atoms with Crippen LogP contribution >= 0.6 is 0 Å². The molecule has 1 fully saturated rings. The third kappa shape index (κ3) is 2.16. The van der Waals surface area contributed by atoms with Gasteiger partial charge in [-0.05, 0) is 37.0 Å². The molecule has 3 rings (SSSR count). The maximum absolute atomic E-state index is 13.2. The van der Waals surface area contributed by atoms with Crippen LogP contribution in [0.3, 0.4) is 0 Å². The minimum Gasteiger partial charge on any atom is -0.490 e. The first-order chi connectivity index (χ1) is 9.55. The van der Waals surface area contributed by atoms with Gasteiger partial charge in [0.1, 0.15) is 17.7 Å². The average molecular weight is 279 g/mol. The third-order valence-electron chi connectivity index (χ3n) is 4.50. The molecule has 1 aliphatic carbocycles. The molecule has 2 unspecified atom stereocenters. The van der Waals surface area contributed by atoms with Gasteiger partial charge < -0.3 is 15.6 Å². The highest BCUT2D eigenvalue weighted by Crippen LogP contribution is 2.49. The van der Waals surface area contributed by atoms with Crippen molar-refractivity contribution in [3.05, 3.63) is 29.6 Å². The number of halogens is 1. The Morgan fingerprint density at radius 1 is 1.50 bits per heavy atom. The number of hydrogen-bond donors (Lipinski definition) is 2. The van der Waals surface area contributed by atoms with Crippen molar-refractivity contribution in [3.8, 4) is 5.75 Å². The lowest BCUT2D eigenvalue weighted by Crippen LogP contribution is -2.44. The zero-order valence-corrected chi connectivity index (χ0v) is 11.1. The van der Waals surface area contributed by atoms with Crippen LogP contribution in [0.2, 0.25) is 0 Å². The number of fused-ring (bicyclic) bond motifs is 1. The first-order valence-corrected chi connectivity index (χ1v) is 6.94. The van der Waals surface area contributed by atoms with E-state index >= 15 is 0 Å². The minimum absolute atomic E-state index is 0.123. The van der Waals surface area contributed by atoms with Crippen molar-refractivity contribution in [2.75, 3.05) is 6.54 Å². The van der Waals surface area contributed by atoms with Gasteiger partial charge in [-0.25, -0.2) is 4.39 Å². The van der Waals surface area contributed by atoms with Crippen LogP contribution in [0.25, 0.3) is 0 Å². The van der Waals surface area contributed by atoms with Crippen LogP contribution in [-0.2, 0) is 11.2 Å². The summed E-state index contributed by atoms with van der Waals surface area (Å²) in [6, 6.07) is 4.42. The van der Waals surface area contributed by atoms with Crippen molar-refractivity contribution in [2.45, 2.75) is 31.8 Å². The van der Waals surface area contributed by atoms with Crippen molar-refractivity contribution in [1.29, 1.82) is 0 Å². The fraction of sp³-hybridized carbons (Fsp3) is 0.533. The zero-order chi connectivity index (χ0) is 14.3. The lowest BCUT2D eigenvalue weighted by Gasteiger charge is -2.30. The lowest BCUT2D eigenvalue weighted by molar-refractivity contribution is -0.151. The van der Waals surface area contributed by atoms with E-state index in [4.69, 9.17) is 10.5 Å². The SMILES string of the molecule is NCC(CC1Cc2cc(F)ccc2O1)(C(=O)O)C1CC1. The molecular weight excluding hydrogens is 261 g/mol. The molecule has 3 N–H and O–H groups in total. The lowest BCUT2D eigenvalue weighted by atomic mass is 9.77. The van der Waals surface area contributed by atoms with Crippen molar-refractivity contribution in [3.63, 3.8) is 0 Å². The van der Waals surface area contributed by atoms with Crippen molar-refractivity contribution >= 4 is 5.97 Å². The molecule has 1 aliphatic heterocycles. The first-order valence-electron chi connectivity index (χ1n) is 6.94. The largest absolute Gasteiger partial charge is 0.490 e. The highest BCUT2D eigenvalue weighted by Gasteiger charge is 2.52. The van der Waals surface area contributed by atoms with E-state index in [1.165, 1.54) is 12.1 Å². The van der Waals surface area contributed by atoms with E-state index in [1.807, 2.05) is 0 Å². The smallest absolute Gasteiger partial charge is 0.311 e. The van der Waals surface area contributed by atoms with Gasteiger partial charge in [0.2, 0.25) is 0 Å². The molecule has 0 amide bonds. The molecule has 1 saturated carbocycles. The summed E-state index contributed by atoms with van der Waals surface area (Å²) in [5.41, 5.74) is 5.67. The van der Waals surface area contributed by atoms with Gasteiger partial charge in [0.25, 0.3) is 0 Å². The molecule has 1 aromatic carbocycles. The quantitative estimate of drug-likeness (QED) is 0.864. The second-order valence-electron chi connectivity index (χ2n) is 5.84. The number of ether oxygens (including phenoxy) is 1. The predicted molar refractivity (Wildman–Crippen MR) is 71.0 cm³/mol. The molecule has 0 saturated heterocycles. The Kier molecular flexibility index (Phi) is 3.17. The van der Waals surface area contributed by atoms with Gasteiger partial charge in [0, 0.05) is 24.9 Å². The van der Waals surface area contributed by atoms with Crippen LogP contribution < -0.4 is 10.5 Å². The van der Waals surface area contributed by atoms with E-state index in [2.05, 4.69) is 0 Å². The molecule has 1 aromatic rings. The summed E-state index contributed by atoms with van der Waals surface area (Å²) >= 11 is 0. The number of aliphatic carboxylic acids is 1. The topological polar surface area (TPSA) is 72.5 Å². The van der Waals surface area contributed by atoms with Gasteiger partial charge in [-0.3, -0.25) is 4.79 Å². The normalized spacial score (nSPS) is 23.8. The Morgan fingerprint density at radius 2 is 2.25 bits per heavy atom. The molecule has 0 spiro atoms. The Balaban J connectivity index is 1.77. The molecule has 4 nitrogen and oxygen atoms in total. The van der Waals surface area contributed by atoms with Gasteiger partial charge in [0.15, 0.2) is 0 Å². The Hall–Kier alpha value is -1.62. The second-order valence-corrected chi connectivity index (χ2v) is 5.84. The fourth-order valence-corrected chi connectivity index (χ4v) is 3.21. The van der Waals surface area contributed by atoms with Crippen LogP contribution in [-0.4, -0.2) is 23.7 Å². The number of hydrogen-bond acceptors (Lipinski definition) is 3. The molecule has 0 bridgehead atoms.